The number of nitrogens with zero attached hydrogens (tertiary/aromatic N) is 1. The Hall–Kier alpha value is -1.10. The summed E-state index contributed by atoms with van der Waals surface area (Å²) in [4.78, 5) is 24.5. The van der Waals surface area contributed by atoms with Gasteiger partial charge in [-0.05, 0) is 13.0 Å². The first-order chi connectivity index (χ1) is 9.15. The monoisotopic (exact) mass is 270 g/mol. The molecule has 1 rings (SSSR count). The molecule has 1 unspecified atom stereocenters. The Bertz CT molecular complexity index is 294. The third kappa shape index (κ3) is 6.05. The van der Waals surface area contributed by atoms with Crippen LogP contribution in [0.3, 0.4) is 0 Å². The molecule has 0 aromatic heterocycles. The molecule has 1 fully saturated rings. The second-order valence-electron chi connectivity index (χ2n) is 5.21. The normalized spacial score (nSPS) is 20.3. The van der Waals surface area contributed by atoms with Crippen LogP contribution in [0.5, 0.6) is 0 Å². The third-order valence-electron chi connectivity index (χ3n) is 3.61. The van der Waals surface area contributed by atoms with E-state index in [0.29, 0.717) is 6.54 Å². The zero-order chi connectivity index (χ0) is 14.1. The minimum Gasteiger partial charge on any atom is -0.481 e. The topological polar surface area (TPSA) is 69.6 Å². The molecule has 1 heterocycles. The van der Waals surface area contributed by atoms with Gasteiger partial charge in [0.05, 0.1) is 12.5 Å². The molecule has 0 aromatic carbocycles. The lowest BCUT2D eigenvalue weighted by Crippen LogP contribution is -2.56. The maximum absolute atomic E-state index is 11.7. The van der Waals surface area contributed by atoms with E-state index >= 15 is 0 Å². The number of carboxylic acid groups (broad SMARTS) is 1. The van der Waals surface area contributed by atoms with Gasteiger partial charge < -0.3 is 10.4 Å². The molecule has 0 saturated carbocycles. The summed E-state index contributed by atoms with van der Waals surface area (Å²) in [6.45, 7) is 4.42. The van der Waals surface area contributed by atoms with Gasteiger partial charge in [-0.3, -0.25) is 14.5 Å². The fraction of sp³-hybridized carbons (Fsp3) is 0.857. The van der Waals surface area contributed by atoms with Crippen molar-refractivity contribution in [3.05, 3.63) is 0 Å². The third-order valence-corrected chi connectivity index (χ3v) is 3.61. The molecule has 1 atom stereocenters. The second kappa shape index (κ2) is 8.91. The lowest BCUT2D eigenvalue weighted by Gasteiger charge is -2.34. The first-order valence-corrected chi connectivity index (χ1v) is 7.38. The van der Waals surface area contributed by atoms with Crippen LogP contribution in [0.1, 0.15) is 51.9 Å². The molecule has 0 spiro atoms. The first kappa shape index (κ1) is 16.0. The van der Waals surface area contributed by atoms with Crippen LogP contribution in [-0.4, -0.2) is 47.6 Å². The summed E-state index contributed by atoms with van der Waals surface area (Å²) >= 11 is 0. The zero-order valence-electron chi connectivity index (χ0n) is 11.9. The van der Waals surface area contributed by atoms with Crippen LogP contribution >= 0.6 is 0 Å². The second-order valence-corrected chi connectivity index (χ2v) is 5.21. The van der Waals surface area contributed by atoms with E-state index in [1.54, 1.807) is 0 Å². The number of carbonyl (C=O) groups is 2. The number of nitrogens with one attached hydrogen (secondary N) is 1. The molecule has 0 aliphatic carbocycles. The molecular weight excluding hydrogens is 244 g/mol. The summed E-state index contributed by atoms with van der Waals surface area (Å²) in [5.74, 6) is -1.05. The van der Waals surface area contributed by atoms with Crippen LogP contribution in [0, 0.1) is 0 Å². The summed E-state index contributed by atoms with van der Waals surface area (Å²) in [7, 11) is 0. The summed E-state index contributed by atoms with van der Waals surface area (Å²) in [6.07, 6.45) is 7.15. The van der Waals surface area contributed by atoms with Gasteiger partial charge in [-0.2, -0.15) is 0 Å². The molecule has 0 aromatic rings. The van der Waals surface area contributed by atoms with E-state index in [-0.39, 0.29) is 12.3 Å². The highest BCUT2D eigenvalue weighted by Crippen LogP contribution is 2.12. The number of hydrogen-bond acceptors (Lipinski definition) is 3. The van der Waals surface area contributed by atoms with Crippen molar-refractivity contribution in [2.45, 2.75) is 57.9 Å². The van der Waals surface area contributed by atoms with Gasteiger partial charge in [-0.1, -0.05) is 39.0 Å². The van der Waals surface area contributed by atoms with Crippen LogP contribution in [0.4, 0.5) is 0 Å². The lowest BCUT2D eigenvalue weighted by atomic mass is 10.1. The predicted molar refractivity (Wildman–Crippen MR) is 74.0 cm³/mol. The van der Waals surface area contributed by atoms with Crippen molar-refractivity contribution < 1.29 is 14.7 Å². The largest absolute Gasteiger partial charge is 0.481 e. The number of carboxylic acids is 1. The zero-order valence-corrected chi connectivity index (χ0v) is 11.9. The van der Waals surface area contributed by atoms with E-state index in [1.165, 1.54) is 25.7 Å². The summed E-state index contributed by atoms with van der Waals surface area (Å²) in [5.41, 5.74) is 0. The molecule has 1 aliphatic rings. The van der Waals surface area contributed by atoms with Gasteiger partial charge in [0.1, 0.15) is 0 Å². The van der Waals surface area contributed by atoms with Gasteiger partial charge in [0.15, 0.2) is 0 Å². The van der Waals surface area contributed by atoms with Crippen molar-refractivity contribution in [3.8, 4) is 0 Å². The van der Waals surface area contributed by atoms with Crippen molar-refractivity contribution in [2.75, 3.05) is 19.6 Å². The maximum Gasteiger partial charge on any atom is 0.305 e. The van der Waals surface area contributed by atoms with Gasteiger partial charge in [-0.15, -0.1) is 0 Å². The van der Waals surface area contributed by atoms with Crippen molar-refractivity contribution in [1.82, 2.24) is 10.2 Å². The highest BCUT2D eigenvalue weighted by atomic mass is 16.4. The average Bonchev–Trinajstić information content (AvgIpc) is 2.37. The summed E-state index contributed by atoms with van der Waals surface area (Å²) in [5, 5.41) is 11.6. The highest BCUT2D eigenvalue weighted by molar-refractivity contribution is 5.86. The quantitative estimate of drug-likeness (QED) is 0.625. The number of piperazine rings is 1. The van der Waals surface area contributed by atoms with E-state index in [2.05, 4.69) is 12.2 Å². The Morgan fingerprint density at radius 1 is 1.32 bits per heavy atom. The number of unbranched alkanes of at least 4 members (excludes halogenated alkanes) is 5. The smallest absolute Gasteiger partial charge is 0.305 e. The molecule has 19 heavy (non-hydrogen) atoms. The van der Waals surface area contributed by atoms with Crippen LogP contribution in [0.25, 0.3) is 0 Å². The lowest BCUT2D eigenvalue weighted by molar-refractivity contribution is -0.143. The van der Waals surface area contributed by atoms with Crippen molar-refractivity contribution in [3.63, 3.8) is 0 Å². The fourth-order valence-corrected chi connectivity index (χ4v) is 2.51. The van der Waals surface area contributed by atoms with Gasteiger partial charge in [0.25, 0.3) is 0 Å². The Balaban J connectivity index is 2.28. The van der Waals surface area contributed by atoms with Crippen LogP contribution in [0.2, 0.25) is 0 Å². The van der Waals surface area contributed by atoms with E-state index in [1.807, 2.05) is 4.90 Å². The van der Waals surface area contributed by atoms with E-state index in [0.717, 1.165) is 25.9 Å². The van der Waals surface area contributed by atoms with Crippen LogP contribution < -0.4 is 5.32 Å². The standard InChI is InChI=1S/C14H26N2O3/c1-2-3-4-5-6-7-9-16-10-8-15-14(19)12(16)11-13(17)18/h12H,2-11H2,1H3,(H,15,19)(H,17,18). The summed E-state index contributed by atoms with van der Waals surface area (Å²) < 4.78 is 0. The average molecular weight is 270 g/mol. The number of aliphatic carboxylic acids is 1. The molecule has 0 radical (unpaired) electrons. The Morgan fingerprint density at radius 3 is 2.68 bits per heavy atom. The van der Waals surface area contributed by atoms with Crippen molar-refractivity contribution in [2.24, 2.45) is 0 Å². The van der Waals surface area contributed by atoms with Crippen molar-refractivity contribution >= 4 is 11.9 Å². The molecular formula is C14H26N2O3. The number of amides is 1. The molecule has 1 amide bonds. The van der Waals surface area contributed by atoms with Crippen LogP contribution in [-0.2, 0) is 9.59 Å². The molecule has 5 nitrogen and oxygen atoms in total. The summed E-state index contributed by atoms with van der Waals surface area (Å²) in [6, 6.07) is -0.484. The van der Waals surface area contributed by atoms with Gasteiger partial charge in [0, 0.05) is 13.1 Å². The number of carbonyl (C=O) groups excluding carboxylic acids is 1. The van der Waals surface area contributed by atoms with Crippen molar-refractivity contribution in [1.29, 1.82) is 0 Å². The molecule has 1 saturated heterocycles. The van der Waals surface area contributed by atoms with Crippen LogP contribution in [0.15, 0.2) is 0 Å². The number of hydrogen-bond donors (Lipinski definition) is 2. The molecule has 5 heteroatoms. The predicted octanol–water partition coefficient (Wildman–Crippen LogP) is 1.62. The fourth-order valence-electron chi connectivity index (χ4n) is 2.51. The molecule has 1 aliphatic heterocycles. The molecule has 2 N–H and O–H groups in total. The molecule has 0 bridgehead atoms. The van der Waals surface area contributed by atoms with E-state index < -0.39 is 12.0 Å². The minimum atomic E-state index is -0.907. The van der Waals surface area contributed by atoms with E-state index in [4.69, 9.17) is 5.11 Å². The Morgan fingerprint density at radius 2 is 2.00 bits per heavy atom. The highest BCUT2D eigenvalue weighted by Gasteiger charge is 2.30. The van der Waals surface area contributed by atoms with E-state index in [9.17, 15) is 9.59 Å². The van der Waals surface area contributed by atoms with Gasteiger partial charge >= 0.3 is 5.97 Å². The SMILES string of the molecule is CCCCCCCCN1CCNC(=O)C1CC(=O)O. The van der Waals surface area contributed by atoms with Gasteiger partial charge in [-0.25, -0.2) is 0 Å². The Labute approximate surface area is 115 Å². The molecule has 110 valence electrons. The Kier molecular flexibility index (Phi) is 7.48. The first-order valence-electron chi connectivity index (χ1n) is 7.38. The minimum absolute atomic E-state index is 0.0956. The van der Waals surface area contributed by atoms with Gasteiger partial charge in [0.2, 0.25) is 5.91 Å². The number of rotatable bonds is 9. The maximum atomic E-state index is 11.7.